The second-order valence-electron chi connectivity index (χ2n) is 6.01. The van der Waals surface area contributed by atoms with Crippen molar-refractivity contribution in [1.29, 1.82) is 0 Å². The first-order valence-corrected chi connectivity index (χ1v) is 8.76. The number of carbonyl (C=O) groups is 2. The fourth-order valence-corrected chi connectivity index (χ4v) is 2.42. The van der Waals surface area contributed by atoms with Crippen LogP contribution in [0.3, 0.4) is 0 Å². The molecule has 0 saturated carbocycles. The van der Waals surface area contributed by atoms with E-state index in [1.165, 1.54) is 7.11 Å². The van der Waals surface area contributed by atoms with Gasteiger partial charge >= 0.3 is 5.97 Å². The third kappa shape index (κ3) is 6.66. The average Bonchev–Trinajstić information content (AvgIpc) is 2.68. The van der Waals surface area contributed by atoms with Gasteiger partial charge in [-0.1, -0.05) is 24.3 Å². The molecule has 0 N–H and O–H groups in total. The Kier molecular flexibility index (Phi) is 7.67. The van der Waals surface area contributed by atoms with Crippen molar-refractivity contribution < 1.29 is 23.8 Å². The maximum Gasteiger partial charge on any atom is 0.309 e. The number of carbonyl (C=O) groups excluding carboxylic acids is 2. The minimum Gasteiger partial charge on any atom is -0.494 e. The Morgan fingerprint density at radius 1 is 0.889 bits per heavy atom. The summed E-state index contributed by atoms with van der Waals surface area (Å²) < 4.78 is 15.6. The number of rotatable bonds is 9. The zero-order chi connectivity index (χ0) is 19.6. The van der Waals surface area contributed by atoms with Crippen LogP contribution in [0.5, 0.6) is 11.5 Å². The van der Waals surface area contributed by atoms with E-state index in [0.717, 1.165) is 16.9 Å². The van der Waals surface area contributed by atoms with Gasteiger partial charge in [-0.15, -0.1) is 0 Å². The first kappa shape index (κ1) is 20.3. The molecule has 2 rings (SSSR count). The Hall–Kier alpha value is -3.02. The van der Waals surface area contributed by atoms with Crippen molar-refractivity contribution in [3.63, 3.8) is 0 Å². The van der Waals surface area contributed by atoms with Gasteiger partial charge < -0.3 is 19.1 Å². The smallest absolute Gasteiger partial charge is 0.309 e. The number of hydrogen-bond acceptors (Lipinski definition) is 5. The van der Waals surface area contributed by atoms with Crippen LogP contribution in [0.15, 0.2) is 48.5 Å². The highest BCUT2D eigenvalue weighted by Gasteiger charge is 2.11. The molecule has 0 atom stereocenters. The predicted molar refractivity (Wildman–Crippen MR) is 102 cm³/mol. The van der Waals surface area contributed by atoms with E-state index < -0.39 is 0 Å². The van der Waals surface area contributed by atoms with Crippen molar-refractivity contribution in [2.24, 2.45) is 0 Å². The van der Waals surface area contributed by atoms with Gasteiger partial charge in [0.25, 0.3) is 5.91 Å². The highest BCUT2D eigenvalue weighted by molar-refractivity contribution is 5.77. The van der Waals surface area contributed by atoms with Crippen LogP contribution >= 0.6 is 0 Å². The highest BCUT2D eigenvalue weighted by atomic mass is 16.5. The van der Waals surface area contributed by atoms with E-state index in [2.05, 4.69) is 4.74 Å². The Morgan fingerprint density at radius 2 is 1.44 bits per heavy atom. The molecule has 6 heteroatoms. The molecular formula is C21H25NO5. The number of nitrogens with zero attached hydrogens (tertiary/aromatic N) is 1. The molecule has 0 aromatic heterocycles. The number of ether oxygens (including phenoxy) is 3. The van der Waals surface area contributed by atoms with E-state index in [-0.39, 0.29) is 24.9 Å². The number of benzene rings is 2. The quantitative estimate of drug-likeness (QED) is 0.634. The summed E-state index contributed by atoms with van der Waals surface area (Å²) in [6, 6.07) is 14.7. The SMILES string of the molecule is CCOc1ccc(CN(C)C(=O)COc2ccc(CC(=O)OC)cc2)cc1. The zero-order valence-electron chi connectivity index (χ0n) is 15.9. The second-order valence-corrected chi connectivity index (χ2v) is 6.01. The standard InChI is InChI=1S/C21H25NO5/c1-4-26-18-11-7-17(8-12-18)14-22(2)20(23)15-27-19-9-5-16(6-10-19)13-21(24)25-3/h5-12H,4,13-15H2,1-3H3. The number of amides is 1. The molecule has 144 valence electrons. The molecule has 0 aliphatic carbocycles. The minimum atomic E-state index is -0.297. The lowest BCUT2D eigenvalue weighted by Crippen LogP contribution is -2.30. The summed E-state index contributed by atoms with van der Waals surface area (Å²) in [4.78, 5) is 25.1. The molecule has 27 heavy (non-hydrogen) atoms. The Bertz CT molecular complexity index is 740. The van der Waals surface area contributed by atoms with Gasteiger partial charge in [-0.3, -0.25) is 9.59 Å². The lowest BCUT2D eigenvalue weighted by Gasteiger charge is -2.18. The molecule has 0 spiro atoms. The van der Waals surface area contributed by atoms with Crippen molar-refractivity contribution in [2.75, 3.05) is 27.4 Å². The lowest BCUT2D eigenvalue weighted by atomic mass is 10.1. The molecule has 0 heterocycles. The van der Waals surface area contributed by atoms with E-state index >= 15 is 0 Å². The van der Waals surface area contributed by atoms with Gasteiger partial charge in [0.2, 0.25) is 0 Å². The fourth-order valence-electron chi connectivity index (χ4n) is 2.42. The van der Waals surface area contributed by atoms with Crippen molar-refractivity contribution in [1.82, 2.24) is 4.90 Å². The van der Waals surface area contributed by atoms with Crippen LogP contribution in [0.2, 0.25) is 0 Å². The van der Waals surface area contributed by atoms with E-state index in [4.69, 9.17) is 9.47 Å². The molecule has 0 bridgehead atoms. The topological polar surface area (TPSA) is 65.1 Å². The first-order chi connectivity index (χ1) is 13.0. The van der Waals surface area contributed by atoms with Gasteiger partial charge in [0.05, 0.1) is 20.1 Å². The molecule has 2 aromatic rings. The van der Waals surface area contributed by atoms with Crippen LogP contribution in [-0.2, 0) is 27.3 Å². The second kappa shape index (κ2) is 10.2. The summed E-state index contributed by atoms with van der Waals surface area (Å²) in [5.74, 6) is 0.970. The minimum absolute atomic E-state index is 0.0517. The molecule has 6 nitrogen and oxygen atoms in total. The lowest BCUT2D eigenvalue weighted by molar-refractivity contribution is -0.139. The molecule has 0 unspecified atom stereocenters. The monoisotopic (exact) mass is 371 g/mol. The van der Waals surface area contributed by atoms with Crippen LogP contribution < -0.4 is 9.47 Å². The molecule has 0 aliphatic heterocycles. The van der Waals surface area contributed by atoms with Crippen LogP contribution in [-0.4, -0.2) is 44.1 Å². The van der Waals surface area contributed by atoms with Crippen LogP contribution in [0.4, 0.5) is 0 Å². The maximum atomic E-state index is 12.3. The van der Waals surface area contributed by atoms with Gasteiger partial charge in [-0.2, -0.15) is 0 Å². The molecule has 2 aromatic carbocycles. The summed E-state index contributed by atoms with van der Waals surface area (Å²) in [6.07, 6.45) is 0.209. The van der Waals surface area contributed by atoms with Crippen molar-refractivity contribution >= 4 is 11.9 Å². The third-order valence-electron chi connectivity index (χ3n) is 3.94. The third-order valence-corrected chi connectivity index (χ3v) is 3.94. The number of likely N-dealkylation sites (N-methyl/N-ethyl adjacent to an activating group) is 1. The molecule has 0 radical (unpaired) electrons. The summed E-state index contributed by atoms with van der Waals surface area (Å²) in [7, 11) is 3.09. The van der Waals surface area contributed by atoms with E-state index in [9.17, 15) is 9.59 Å². The largest absolute Gasteiger partial charge is 0.494 e. The van der Waals surface area contributed by atoms with Gasteiger partial charge in [-0.25, -0.2) is 0 Å². The van der Waals surface area contributed by atoms with Gasteiger partial charge in [-0.05, 0) is 42.3 Å². The molecule has 0 aliphatic rings. The van der Waals surface area contributed by atoms with E-state index in [1.54, 1.807) is 36.2 Å². The van der Waals surface area contributed by atoms with Crippen LogP contribution in [0.1, 0.15) is 18.1 Å². The Labute approximate surface area is 159 Å². The zero-order valence-corrected chi connectivity index (χ0v) is 15.9. The summed E-state index contributed by atoms with van der Waals surface area (Å²) in [5.41, 5.74) is 1.84. The molecule has 1 amide bonds. The fraction of sp³-hybridized carbons (Fsp3) is 0.333. The average molecular weight is 371 g/mol. The summed E-state index contributed by atoms with van der Waals surface area (Å²) in [5, 5.41) is 0. The molecule has 0 saturated heterocycles. The van der Waals surface area contributed by atoms with Gasteiger partial charge in [0.1, 0.15) is 11.5 Å². The van der Waals surface area contributed by atoms with Crippen molar-refractivity contribution in [2.45, 2.75) is 19.9 Å². The summed E-state index contributed by atoms with van der Waals surface area (Å²) in [6.45, 7) is 3.00. The maximum absolute atomic E-state index is 12.3. The van der Waals surface area contributed by atoms with E-state index in [1.807, 2.05) is 31.2 Å². The van der Waals surface area contributed by atoms with Gasteiger partial charge in [0.15, 0.2) is 6.61 Å². The highest BCUT2D eigenvalue weighted by Crippen LogP contribution is 2.15. The predicted octanol–water partition coefficient (Wildman–Crippen LogP) is 2.84. The first-order valence-electron chi connectivity index (χ1n) is 8.76. The van der Waals surface area contributed by atoms with E-state index in [0.29, 0.717) is 18.9 Å². The number of esters is 1. The van der Waals surface area contributed by atoms with Crippen LogP contribution in [0, 0.1) is 0 Å². The molecular weight excluding hydrogens is 346 g/mol. The number of methoxy groups -OCH3 is 1. The van der Waals surface area contributed by atoms with Crippen molar-refractivity contribution in [3.8, 4) is 11.5 Å². The normalized spacial score (nSPS) is 10.2. The van der Waals surface area contributed by atoms with Crippen molar-refractivity contribution in [3.05, 3.63) is 59.7 Å². The Balaban J connectivity index is 1.81. The van der Waals surface area contributed by atoms with Crippen LogP contribution in [0.25, 0.3) is 0 Å². The Morgan fingerprint density at radius 3 is 2.00 bits per heavy atom. The number of hydrogen-bond donors (Lipinski definition) is 0. The summed E-state index contributed by atoms with van der Waals surface area (Å²) >= 11 is 0. The van der Waals surface area contributed by atoms with Gasteiger partial charge in [0, 0.05) is 13.6 Å². The molecule has 0 fully saturated rings.